The lowest BCUT2D eigenvalue weighted by molar-refractivity contribution is 0.226. The second-order valence-electron chi connectivity index (χ2n) is 18.7. The minimum absolute atomic E-state index is 0.478. The van der Waals surface area contributed by atoms with Crippen LogP contribution < -0.4 is 5.32 Å². The monoisotopic (exact) mass is 835 g/mol. The van der Waals surface area contributed by atoms with E-state index in [1.165, 1.54) is 33.4 Å². The molecule has 1 aliphatic heterocycles. The number of nitrogens with one attached hydrogen (secondary N) is 1. The van der Waals surface area contributed by atoms with Crippen LogP contribution in [0.25, 0.3) is 22.4 Å². The second kappa shape index (κ2) is 26.6. The van der Waals surface area contributed by atoms with Crippen LogP contribution >= 0.6 is 11.6 Å². The largest absolute Gasteiger partial charge is 0.385 e. The SMILES string of the molecule is C=C/C=C(CN(CCC)CC(C)C(C)C)\C(=C/Cc1cccc(-c2cccc(-c3ccc(CN(C)CC4CCC(=C)N4)c(C)n3)c2CC)c1Cl)CC.C=CC.CC(C)(C)C. The minimum Gasteiger partial charge on any atom is -0.385 e. The summed E-state index contributed by atoms with van der Waals surface area (Å²) in [5.41, 5.74) is 13.6. The predicted molar refractivity (Wildman–Crippen MR) is 268 cm³/mol. The van der Waals surface area contributed by atoms with Crippen LogP contribution in [0.5, 0.6) is 0 Å². The van der Waals surface area contributed by atoms with Crippen molar-refractivity contribution in [2.24, 2.45) is 17.3 Å². The van der Waals surface area contributed by atoms with Crippen LogP contribution in [0.2, 0.25) is 5.02 Å². The van der Waals surface area contributed by atoms with Gasteiger partial charge >= 0.3 is 0 Å². The maximum absolute atomic E-state index is 7.32. The van der Waals surface area contributed by atoms with Crippen LogP contribution in [0.4, 0.5) is 0 Å². The molecular weight excluding hydrogens is 752 g/mol. The lowest BCUT2D eigenvalue weighted by Gasteiger charge is -2.29. The van der Waals surface area contributed by atoms with Gasteiger partial charge in [-0.25, -0.2) is 0 Å². The first-order chi connectivity index (χ1) is 28.4. The van der Waals surface area contributed by atoms with Gasteiger partial charge in [-0.2, -0.15) is 0 Å². The van der Waals surface area contributed by atoms with Gasteiger partial charge in [0.1, 0.15) is 0 Å². The van der Waals surface area contributed by atoms with Crippen LogP contribution in [0.15, 0.2) is 109 Å². The Bertz CT molecular complexity index is 1850. The standard InChI is InChI=1S/C47H65ClN4.C5H12.C3H6/c1-11-17-40(31-52(28-12-2)29-34(7)33(5)6)37(13-3)23-24-38-18-15-21-45(47(38)48)43-19-16-20-44(42(43)14-4)46-27-25-39(36(9)50-46)30-51(10)32-41-26-22-35(8)49-41;1-5(2,3)4;1-3-2/h11,15-21,23,25,27,33-34,41,49H,1,8,12-14,22,24,26,28-32H2,2-7,9-10H3;1-4H3;3H,1H2,2H3/b37-23-,40-17-;;. The van der Waals surface area contributed by atoms with E-state index in [9.17, 15) is 0 Å². The summed E-state index contributed by atoms with van der Waals surface area (Å²) in [6.45, 7) is 43.1. The molecule has 2 atom stereocenters. The number of hydrogen-bond donors (Lipinski definition) is 1. The predicted octanol–water partition coefficient (Wildman–Crippen LogP) is 14.9. The molecule has 2 aromatic carbocycles. The van der Waals surface area contributed by atoms with E-state index in [1.54, 1.807) is 6.08 Å². The molecule has 1 fully saturated rings. The zero-order valence-electron chi connectivity index (χ0n) is 40.3. The van der Waals surface area contributed by atoms with Crippen LogP contribution in [0.1, 0.15) is 124 Å². The molecule has 1 saturated heterocycles. The van der Waals surface area contributed by atoms with E-state index in [0.29, 0.717) is 23.3 Å². The molecule has 4 rings (SSSR count). The number of halogens is 1. The third-order valence-electron chi connectivity index (χ3n) is 10.8. The fourth-order valence-electron chi connectivity index (χ4n) is 7.51. The van der Waals surface area contributed by atoms with Gasteiger partial charge in [0.15, 0.2) is 0 Å². The highest BCUT2D eigenvalue weighted by molar-refractivity contribution is 6.34. The minimum atomic E-state index is 0.478. The fourth-order valence-corrected chi connectivity index (χ4v) is 7.82. The van der Waals surface area contributed by atoms with Gasteiger partial charge in [0.05, 0.1) is 10.7 Å². The van der Waals surface area contributed by atoms with E-state index in [0.717, 1.165) is 104 Å². The normalized spacial score (nSPS) is 15.0. The lowest BCUT2D eigenvalue weighted by Crippen LogP contribution is -2.34. The summed E-state index contributed by atoms with van der Waals surface area (Å²) < 4.78 is 0. The zero-order valence-corrected chi connectivity index (χ0v) is 41.0. The highest BCUT2D eigenvalue weighted by Crippen LogP contribution is 2.38. The van der Waals surface area contributed by atoms with Crippen molar-refractivity contribution in [3.8, 4) is 22.4 Å². The number of allylic oxidation sites excluding steroid dienone is 5. The van der Waals surface area contributed by atoms with Crippen molar-refractivity contribution in [2.75, 3.05) is 33.2 Å². The molecule has 2 unspecified atom stereocenters. The van der Waals surface area contributed by atoms with Gasteiger partial charge in [0.25, 0.3) is 0 Å². The van der Waals surface area contributed by atoms with Gasteiger partial charge in [-0.15, -0.1) is 6.58 Å². The molecule has 0 radical (unpaired) electrons. The number of nitrogens with zero attached hydrogens (tertiary/aromatic N) is 3. The lowest BCUT2D eigenvalue weighted by atomic mass is 9.90. The topological polar surface area (TPSA) is 31.4 Å². The highest BCUT2D eigenvalue weighted by Gasteiger charge is 2.20. The zero-order chi connectivity index (χ0) is 45.0. The van der Waals surface area contributed by atoms with E-state index >= 15 is 0 Å². The Labute approximate surface area is 374 Å². The van der Waals surface area contributed by atoms with E-state index < -0.39 is 0 Å². The Hall–Kier alpha value is -3.70. The van der Waals surface area contributed by atoms with Crippen LogP contribution in [-0.2, 0) is 19.4 Å². The summed E-state index contributed by atoms with van der Waals surface area (Å²) in [6.07, 6.45) is 14.3. The molecule has 1 N–H and O–H groups in total. The van der Waals surface area contributed by atoms with Gasteiger partial charge in [-0.1, -0.05) is 161 Å². The van der Waals surface area contributed by atoms with Gasteiger partial charge in [0, 0.05) is 54.7 Å². The molecule has 0 spiro atoms. The average Bonchev–Trinajstić information content (AvgIpc) is 3.59. The molecule has 4 nitrogen and oxygen atoms in total. The Morgan fingerprint density at radius 3 is 2.13 bits per heavy atom. The number of rotatable bonds is 19. The number of aryl methyl sites for hydroxylation is 1. The fraction of sp³-hybridized carbons (Fsp3) is 0.509. The van der Waals surface area contributed by atoms with E-state index in [2.05, 4.69) is 179 Å². The first-order valence-corrected chi connectivity index (χ1v) is 23.1. The molecule has 0 bridgehead atoms. The summed E-state index contributed by atoms with van der Waals surface area (Å²) in [7, 11) is 2.19. The Kier molecular flexibility index (Phi) is 23.2. The quantitative estimate of drug-likeness (QED) is 0.0963. The second-order valence-corrected chi connectivity index (χ2v) is 19.0. The van der Waals surface area contributed by atoms with Gasteiger partial charge in [-0.3, -0.25) is 9.88 Å². The maximum atomic E-state index is 7.32. The van der Waals surface area contributed by atoms with Crippen molar-refractivity contribution in [3.05, 3.63) is 137 Å². The molecular formula is C55H83ClN4. The van der Waals surface area contributed by atoms with Crippen molar-refractivity contribution in [2.45, 2.75) is 134 Å². The molecule has 2 heterocycles. The molecule has 3 aromatic rings. The first-order valence-electron chi connectivity index (χ1n) is 22.7. The molecule has 1 aromatic heterocycles. The van der Waals surface area contributed by atoms with E-state index in [4.69, 9.17) is 16.6 Å². The first kappa shape index (κ1) is 52.4. The van der Waals surface area contributed by atoms with Gasteiger partial charge < -0.3 is 10.2 Å². The molecule has 5 heteroatoms. The van der Waals surface area contributed by atoms with Crippen molar-refractivity contribution in [3.63, 3.8) is 0 Å². The molecule has 60 heavy (non-hydrogen) atoms. The molecule has 1 aliphatic rings. The van der Waals surface area contributed by atoms with Crippen molar-refractivity contribution in [1.29, 1.82) is 0 Å². The number of hydrogen-bond acceptors (Lipinski definition) is 4. The third-order valence-corrected chi connectivity index (χ3v) is 11.3. The van der Waals surface area contributed by atoms with E-state index in [-0.39, 0.29) is 0 Å². The van der Waals surface area contributed by atoms with Crippen molar-refractivity contribution in [1.82, 2.24) is 20.1 Å². The van der Waals surface area contributed by atoms with Crippen molar-refractivity contribution < 1.29 is 0 Å². The summed E-state index contributed by atoms with van der Waals surface area (Å²) in [5, 5.41) is 4.35. The summed E-state index contributed by atoms with van der Waals surface area (Å²) in [6, 6.07) is 18.0. The molecule has 330 valence electrons. The number of aromatic nitrogens is 1. The maximum Gasteiger partial charge on any atom is 0.0708 e. The third kappa shape index (κ3) is 17.7. The van der Waals surface area contributed by atoms with Gasteiger partial charge in [-0.05, 0) is 123 Å². The smallest absolute Gasteiger partial charge is 0.0708 e. The number of pyridine rings is 1. The number of benzene rings is 2. The molecule has 0 amide bonds. The number of likely N-dealkylation sites (N-methyl/N-ethyl adjacent to an activating group) is 1. The summed E-state index contributed by atoms with van der Waals surface area (Å²) >= 11 is 7.32. The highest BCUT2D eigenvalue weighted by atomic mass is 35.5. The summed E-state index contributed by atoms with van der Waals surface area (Å²) in [5.74, 6) is 1.32. The van der Waals surface area contributed by atoms with Crippen LogP contribution in [0.3, 0.4) is 0 Å². The molecule has 0 aliphatic carbocycles. The molecule has 0 saturated carbocycles. The van der Waals surface area contributed by atoms with Crippen LogP contribution in [-0.4, -0.2) is 54.1 Å². The van der Waals surface area contributed by atoms with Gasteiger partial charge in [0.2, 0.25) is 0 Å². The Balaban J connectivity index is 0.00000142. The Morgan fingerprint density at radius 1 is 0.950 bits per heavy atom. The average molecular weight is 836 g/mol. The Morgan fingerprint density at radius 2 is 1.58 bits per heavy atom. The summed E-state index contributed by atoms with van der Waals surface area (Å²) in [4.78, 5) is 10.2. The van der Waals surface area contributed by atoms with Crippen molar-refractivity contribution >= 4 is 11.6 Å². The van der Waals surface area contributed by atoms with E-state index in [1.807, 2.05) is 13.0 Å². The van der Waals surface area contributed by atoms with Crippen LogP contribution in [0, 0.1) is 24.2 Å².